The van der Waals surface area contributed by atoms with Crippen molar-refractivity contribution in [3.8, 4) is 0 Å². The van der Waals surface area contributed by atoms with E-state index < -0.39 is 35.8 Å². The molecule has 0 aromatic carbocycles. The predicted octanol–water partition coefficient (Wildman–Crippen LogP) is -4.87. The topological polar surface area (TPSA) is 232 Å². The molecule has 0 bridgehead atoms. The van der Waals surface area contributed by atoms with Gasteiger partial charge in [-0.15, -0.1) is 0 Å². The van der Waals surface area contributed by atoms with Crippen molar-refractivity contribution in [2.24, 2.45) is 0 Å². The fourth-order valence-electron chi connectivity index (χ4n) is 0.418. The van der Waals surface area contributed by atoms with E-state index in [2.05, 4.69) is 0 Å². The molecule has 1 radical (unpaired) electrons. The van der Waals surface area contributed by atoms with Crippen molar-refractivity contribution in [2.45, 2.75) is 0 Å². The van der Waals surface area contributed by atoms with Crippen LogP contribution in [0, 0.1) is 40.8 Å². The first-order chi connectivity index (χ1) is 10.9. The molecule has 0 rings (SSSR count). The third-order valence-corrected chi connectivity index (χ3v) is 1.09. The molecule has 0 unspecified atom stereocenters. The van der Waals surface area contributed by atoms with E-state index in [0.29, 0.717) is 36.5 Å². The second-order valence-electron chi connectivity index (χ2n) is 2.97. The summed E-state index contributed by atoms with van der Waals surface area (Å²) in [4.78, 5) is 56.9. The van der Waals surface area contributed by atoms with Crippen molar-refractivity contribution in [1.29, 1.82) is 0 Å². The molecule has 0 aliphatic rings. The molecule has 3 N–H and O–H groups in total. The van der Waals surface area contributed by atoms with Crippen LogP contribution in [-0.4, -0.2) is 51.1 Å². The maximum absolute atomic E-state index is 9.55. The van der Waals surface area contributed by atoms with Crippen molar-refractivity contribution in [2.75, 3.05) is 0 Å². The Hall–Kier alpha value is -2.61. The minimum atomic E-state index is -1.55. The molecule has 0 aromatic rings. The van der Waals surface area contributed by atoms with Crippen LogP contribution in [0.3, 0.4) is 0 Å². The molecule has 25 heavy (non-hydrogen) atoms. The Balaban J connectivity index is -0.000000130. The zero-order valence-corrected chi connectivity index (χ0v) is 15.2. The van der Waals surface area contributed by atoms with Crippen molar-refractivity contribution in [3.05, 3.63) is 36.5 Å². The molecule has 0 aromatic heterocycles. The van der Waals surface area contributed by atoms with Crippen LogP contribution >= 0.6 is 0 Å². The number of hydrogen-bond acceptors (Lipinski definition) is 9. The van der Waals surface area contributed by atoms with E-state index in [1.807, 2.05) is 0 Å². The Labute approximate surface area is 171 Å². The zero-order chi connectivity index (χ0) is 19.7. The standard InChI is InChI=1S/3C4H4O4.Nd/c3*5-3(6)1-2-4(7)8;/h3*1-2H,(H,5,6)(H,7,8);/q;;;+3/p-3. The number of aliphatic carboxylic acids is 6. The van der Waals surface area contributed by atoms with Gasteiger partial charge in [-0.25, -0.2) is 14.4 Å². The van der Waals surface area contributed by atoms with Gasteiger partial charge < -0.3 is 45.0 Å². The Morgan fingerprint density at radius 3 is 0.760 bits per heavy atom. The third kappa shape index (κ3) is 52.4. The number of carboxylic acids is 6. The molecule has 0 saturated heterocycles. The SMILES string of the molecule is O=C(O)C=CC(=O)O.O=C([O-])C=CC(=O)O.O=C([O-])C=CC(=O)[O-].[Nd+3]. The molecule has 0 aliphatic carbocycles. The summed E-state index contributed by atoms with van der Waals surface area (Å²) in [7, 11) is 0. The van der Waals surface area contributed by atoms with Crippen molar-refractivity contribution < 1.29 is 100 Å². The van der Waals surface area contributed by atoms with Gasteiger partial charge in [0.05, 0.1) is 17.9 Å². The fraction of sp³-hybridized carbons (Fsp3) is 0. The molecule has 0 saturated carbocycles. The molecule has 0 atom stereocenters. The Bertz CT molecular complexity index is 444. The predicted molar refractivity (Wildman–Crippen MR) is 65.3 cm³/mol. The number of hydrogen-bond donors (Lipinski definition) is 3. The van der Waals surface area contributed by atoms with Gasteiger partial charge in [-0.3, -0.25) is 0 Å². The van der Waals surface area contributed by atoms with Crippen LogP contribution < -0.4 is 15.3 Å². The molecule has 0 fully saturated rings. The fourth-order valence-corrected chi connectivity index (χ4v) is 0.418. The van der Waals surface area contributed by atoms with E-state index in [9.17, 15) is 44.1 Å². The van der Waals surface area contributed by atoms with Gasteiger partial charge in [-0.2, -0.15) is 0 Å². The number of carbonyl (C=O) groups is 6. The molecule has 0 heterocycles. The summed E-state index contributed by atoms with van der Waals surface area (Å²) in [6, 6.07) is 0. The van der Waals surface area contributed by atoms with Crippen LogP contribution in [0.4, 0.5) is 0 Å². The third-order valence-electron chi connectivity index (χ3n) is 1.09. The van der Waals surface area contributed by atoms with Crippen LogP contribution in [0.1, 0.15) is 0 Å². The normalized spacial score (nSPS) is 9.12. The van der Waals surface area contributed by atoms with Gasteiger partial charge >= 0.3 is 58.7 Å². The quantitative estimate of drug-likeness (QED) is 0.298. The Morgan fingerprint density at radius 1 is 0.480 bits per heavy atom. The number of carbonyl (C=O) groups excluding carboxylic acids is 3. The molecule has 0 spiro atoms. The van der Waals surface area contributed by atoms with E-state index >= 15 is 0 Å². The van der Waals surface area contributed by atoms with Crippen molar-refractivity contribution in [3.63, 3.8) is 0 Å². The second kappa shape index (κ2) is 19.4. The van der Waals surface area contributed by atoms with Crippen LogP contribution in [-0.2, 0) is 28.8 Å². The van der Waals surface area contributed by atoms with Gasteiger partial charge in [0, 0.05) is 18.2 Å². The van der Waals surface area contributed by atoms with Gasteiger partial charge in [0.25, 0.3) is 0 Å². The van der Waals surface area contributed by atoms with Crippen molar-refractivity contribution in [1.82, 2.24) is 0 Å². The number of rotatable bonds is 6. The summed E-state index contributed by atoms with van der Waals surface area (Å²) >= 11 is 0. The average molecular weight is 489 g/mol. The van der Waals surface area contributed by atoms with Crippen molar-refractivity contribution >= 4 is 35.8 Å². The summed E-state index contributed by atoms with van der Waals surface area (Å²) in [6.45, 7) is 0. The van der Waals surface area contributed by atoms with Crippen LogP contribution in [0.25, 0.3) is 0 Å². The molecule has 12 nitrogen and oxygen atoms in total. The van der Waals surface area contributed by atoms with E-state index in [-0.39, 0.29) is 40.8 Å². The maximum Gasteiger partial charge on any atom is 3.00 e. The Kier molecular flexibility index (Phi) is 23.6. The van der Waals surface area contributed by atoms with Crippen LogP contribution in [0.15, 0.2) is 36.5 Å². The van der Waals surface area contributed by atoms with Gasteiger partial charge in [0.15, 0.2) is 0 Å². The largest absolute Gasteiger partial charge is 3.00 e. The maximum atomic E-state index is 9.55. The minimum absolute atomic E-state index is 0. The van der Waals surface area contributed by atoms with Gasteiger partial charge in [-0.05, 0) is 18.2 Å². The summed E-state index contributed by atoms with van der Waals surface area (Å²) in [5.41, 5.74) is 0. The zero-order valence-electron chi connectivity index (χ0n) is 12.0. The molecule has 133 valence electrons. The molecule has 0 aliphatic heterocycles. The first-order valence-corrected chi connectivity index (χ1v) is 5.24. The van der Waals surface area contributed by atoms with Crippen LogP contribution in [0.5, 0.6) is 0 Å². The Morgan fingerprint density at radius 2 is 0.640 bits per heavy atom. The first-order valence-electron chi connectivity index (χ1n) is 5.24. The van der Waals surface area contributed by atoms with Gasteiger partial charge in [0.1, 0.15) is 0 Å². The average Bonchev–Trinajstić information content (AvgIpc) is 2.42. The van der Waals surface area contributed by atoms with E-state index in [1.54, 1.807) is 0 Å². The second-order valence-corrected chi connectivity index (χ2v) is 2.97. The molecular weight excluding hydrogens is 480 g/mol. The van der Waals surface area contributed by atoms with Crippen LogP contribution in [0.2, 0.25) is 0 Å². The first kappa shape index (κ1) is 30.3. The van der Waals surface area contributed by atoms with Gasteiger partial charge in [-0.1, -0.05) is 0 Å². The number of carboxylic acid groups (broad SMARTS) is 6. The minimum Gasteiger partial charge on any atom is -0.545 e. The summed E-state index contributed by atoms with van der Waals surface area (Å²) in [5, 5.41) is 51.7. The van der Waals surface area contributed by atoms with E-state index in [4.69, 9.17) is 15.3 Å². The summed E-state index contributed by atoms with van der Waals surface area (Å²) in [5.74, 6) is -8.41. The molecular formula is C12H9NdO12. The van der Waals surface area contributed by atoms with Gasteiger partial charge in [0.2, 0.25) is 0 Å². The molecule has 13 heteroatoms. The van der Waals surface area contributed by atoms with E-state index in [1.165, 1.54) is 0 Å². The summed E-state index contributed by atoms with van der Waals surface area (Å²) < 4.78 is 0. The molecule has 0 amide bonds. The smallest absolute Gasteiger partial charge is 0.545 e. The monoisotopic (exact) mass is 487 g/mol. The van der Waals surface area contributed by atoms with E-state index in [0.717, 1.165) is 0 Å². The summed E-state index contributed by atoms with van der Waals surface area (Å²) in [6.07, 6.45) is 2.83.